The Labute approximate surface area is 96.0 Å². The van der Waals surface area contributed by atoms with Gasteiger partial charge in [0.25, 0.3) is 0 Å². The maximum atomic E-state index is 8.79. The Morgan fingerprint density at radius 1 is 1.44 bits per heavy atom. The highest BCUT2D eigenvalue weighted by Gasteiger charge is 1.94. The van der Waals surface area contributed by atoms with Crippen molar-refractivity contribution in [1.82, 2.24) is 5.32 Å². The van der Waals surface area contributed by atoms with E-state index in [9.17, 15) is 0 Å². The number of aliphatic hydroxyl groups excluding tert-OH is 1. The van der Waals surface area contributed by atoms with E-state index in [-0.39, 0.29) is 12.6 Å². The third-order valence-corrected chi connectivity index (χ3v) is 2.21. The lowest BCUT2D eigenvalue weighted by Crippen LogP contribution is -2.29. The molecular weight excluding hydrogens is 200 g/mol. The molecule has 1 rings (SSSR count). The molecule has 84 valence electrons. The molecule has 0 heterocycles. The van der Waals surface area contributed by atoms with Crippen LogP contribution >= 0.6 is 0 Å². The molecule has 1 unspecified atom stereocenters. The molecule has 0 saturated heterocycles. The predicted octanol–water partition coefficient (Wildman–Crippen LogP) is 1.54. The summed E-state index contributed by atoms with van der Waals surface area (Å²) in [6, 6.07) is 9.60. The van der Waals surface area contributed by atoms with Crippen molar-refractivity contribution in [3.63, 3.8) is 0 Å². The summed E-state index contributed by atoms with van der Waals surface area (Å²) >= 11 is 0. The van der Waals surface area contributed by atoms with E-state index in [1.54, 1.807) is 12.1 Å². The summed E-state index contributed by atoms with van der Waals surface area (Å²) in [7, 11) is 0. The lowest BCUT2D eigenvalue weighted by Gasteiger charge is -2.07. The predicted molar refractivity (Wildman–Crippen MR) is 64.7 cm³/mol. The Morgan fingerprint density at radius 3 is 2.69 bits per heavy atom. The van der Waals surface area contributed by atoms with Gasteiger partial charge in [-0.05, 0) is 24.6 Å². The van der Waals surface area contributed by atoms with Gasteiger partial charge < -0.3 is 10.4 Å². The first-order valence-electron chi connectivity index (χ1n) is 5.27. The Hall–Kier alpha value is -1.63. The highest BCUT2D eigenvalue weighted by atomic mass is 16.3. The molecule has 0 aliphatic carbocycles. The van der Waals surface area contributed by atoms with Crippen molar-refractivity contribution in [3.8, 4) is 6.07 Å². The number of benzene rings is 1. The van der Waals surface area contributed by atoms with Gasteiger partial charge in [0.15, 0.2) is 0 Å². The summed E-state index contributed by atoms with van der Waals surface area (Å²) in [5.74, 6) is 0. The van der Waals surface area contributed by atoms with E-state index in [0.717, 1.165) is 12.1 Å². The van der Waals surface area contributed by atoms with E-state index >= 15 is 0 Å². The maximum absolute atomic E-state index is 8.79. The number of nitrogens with zero attached hydrogens (tertiary/aromatic N) is 1. The van der Waals surface area contributed by atoms with Crippen molar-refractivity contribution in [2.24, 2.45) is 0 Å². The number of nitrogens with one attached hydrogen (secondary N) is 1. The molecule has 0 radical (unpaired) electrons. The van der Waals surface area contributed by atoms with Gasteiger partial charge in [0, 0.05) is 12.6 Å². The van der Waals surface area contributed by atoms with E-state index in [2.05, 4.69) is 11.4 Å². The van der Waals surface area contributed by atoms with Crippen molar-refractivity contribution < 1.29 is 5.11 Å². The van der Waals surface area contributed by atoms with Crippen LogP contribution in [0.3, 0.4) is 0 Å². The highest BCUT2D eigenvalue weighted by molar-refractivity contribution is 5.51. The van der Waals surface area contributed by atoms with Gasteiger partial charge in [-0.25, -0.2) is 0 Å². The molecule has 0 aromatic heterocycles. The third-order valence-electron chi connectivity index (χ3n) is 2.21. The molecule has 16 heavy (non-hydrogen) atoms. The zero-order valence-electron chi connectivity index (χ0n) is 9.35. The fraction of sp³-hybridized carbons (Fsp3) is 0.308. The van der Waals surface area contributed by atoms with Crippen LogP contribution in [-0.2, 0) is 0 Å². The van der Waals surface area contributed by atoms with Crippen LogP contribution in [0, 0.1) is 11.3 Å². The van der Waals surface area contributed by atoms with E-state index in [4.69, 9.17) is 10.4 Å². The van der Waals surface area contributed by atoms with Crippen LogP contribution in [0.25, 0.3) is 6.08 Å². The van der Waals surface area contributed by atoms with Crippen LogP contribution in [0.15, 0.2) is 30.3 Å². The lowest BCUT2D eigenvalue weighted by molar-refractivity contribution is 0.255. The molecule has 0 amide bonds. The van der Waals surface area contributed by atoms with Crippen LogP contribution in [0.2, 0.25) is 0 Å². The van der Waals surface area contributed by atoms with Gasteiger partial charge in [0.2, 0.25) is 0 Å². The topological polar surface area (TPSA) is 56.0 Å². The standard InChI is InChI=1S/C13H16N2O/c1-11(10-16)15-8-2-3-12-4-6-13(9-14)7-5-12/h2-7,11,15-16H,8,10H2,1H3/b3-2+. The zero-order valence-corrected chi connectivity index (χ0v) is 9.35. The molecule has 1 aromatic rings. The first-order chi connectivity index (χ1) is 7.76. The molecule has 3 nitrogen and oxygen atoms in total. The molecule has 1 atom stereocenters. The normalized spacial score (nSPS) is 12.6. The molecular formula is C13H16N2O. The monoisotopic (exact) mass is 216 g/mol. The summed E-state index contributed by atoms with van der Waals surface area (Å²) in [6.45, 7) is 2.79. The number of hydrogen-bond acceptors (Lipinski definition) is 3. The van der Waals surface area contributed by atoms with Crippen LogP contribution in [0.5, 0.6) is 0 Å². The number of hydrogen-bond donors (Lipinski definition) is 2. The summed E-state index contributed by atoms with van der Waals surface area (Å²) < 4.78 is 0. The van der Waals surface area contributed by atoms with Crippen molar-refractivity contribution in [2.45, 2.75) is 13.0 Å². The largest absolute Gasteiger partial charge is 0.395 e. The molecule has 1 aromatic carbocycles. The van der Waals surface area contributed by atoms with Gasteiger partial charge in [-0.3, -0.25) is 0 Å². The highest BCUT2D eigenvalue weighted by Crippen LogP contribution is 2.04. The summed E-state index contributed by atoms with van der Waals surface area (Å²) in [6.07, 6.45) is 3.98. The maximum Gasteiger partial charge on any atom is 0.0991 e. The second-order valence-electron chi connectivity index (χ2n) is 3.63. The van der Waals surface area contributed by atoms with Crippen molar-refractivity contribution in [3.05, 3.63) is 41.5 Å². The van der Waals surface area contributed by atoms with E-state index in [1.807, 2.05) is 31.2 Å². The van der Waals surface area contributed by atoms with Crippen LogP contribution in [-0.4, -0.2) is 24.3 Å². The first kappa shape index (κ1) is 12.4. The second-order valence-corrected chi connectivity index (χ2v) is 3.63. The molecule has 3 heteroatoms. The molecule has 0 aliphatic rings. The molecule has 0 spiro atoms. The Kier molecular flexibility index (Phi) is 5.27. The van der Waals surface area contributed by atoms with Crippen molar-refractivity contribution >= 4 is 6.08 Å². The van der Waals surface area contributed by atoms with Crippen molar-refractivity contribution in [2.75, 3.05) is 13.2 Å². The van der Waals surface area contributed by atoms with Gasteiger partial charge >= 0.3 is 0 Å². The average molecular weight is 216 g/mol. The lowest BCUT2D eigenvalue weighted by atomic mass is 10.1. The van der Waals surface area contributed by atoms with Gasteiger partial charge in [-0.2, -0.15) is 5.26 Å². The Morgan fingerprint density at radius 2 is 2.12 bits per heavy atom. The van der Waals surface area contributed by atoms with Crippen molar-refractivity contribution in [1.29, 1.82) is 5.26 Å². The number of rotatable bonds is 5. The van der Waals surface area contributed by atoms with Gasteiger partial charge in [0.05, 0.1) is 18.2 Å². The smallest absolute Gasteiger partial charge is 0.0991 e. The van der Waals surface area contributed by atoms with Gasteiger partial charge in [-0.15, -0.1) is 0 Å². The molecule has 0 fully saturated rings. The molecule has 0 bridgehead atoms. The quantitative estimate of drug-likeness (QED) is 0.785. The van der Waals surface area contributed by atoms with Crippen LogP contribution in [0.4, 0.5) is 0 Å². The van der Waals surface area contributed by atoms with Gasteiger partial charge in [-0.1, -0.05) is 24.3 Å². The summed E-state index contributed by atoms with van der Waals surface area (Å²) in [5.41, 5.74) is 1.74. The fourth-order valence-corrected chi connectivity index (χ4v) is 1.20. The molecule has 0 saturated carbocycles. The van der Waals surface area contributed by atoms with Gasteiger partial charge in [0.1, 0.15) is 0 Å². The number of aliphatic hydroxyl groups is 1. The summed E-state index contributed by atoms with van der Waals surface area (Å²) in [5, 5.41) is 20.6. The third kappa shape index (κ3) is 4.26. The minimum Gasteiger partial charge on any atom is -0.395 e. The van der Waals surface area contributed by atoms with Crippen LogP contribution in [0.1, 0.15) is 18.1 Å². The molecule has 2 N–H and O–H groups in total. The minimum absolute atomic E-state index is 0.116. The van der Waals surface area contributed by atoms with E-state index in [1.165, 1.54) is 0 Å². The summed E-state index contributed by atoms with van der Waals surface area (Å²) in [4.78, 5) is 0. The SMILES string of the molecule is CC(CO)NC/C=C/c1ccc(C#N)cc1. The fourth-order valence-electron chi connectivity index (χ4n) is 1.20. The van der Waals surface area contributed by atoms with E-state index in [0.29, 0.717) is 5.56 Å². The minimum atomic E-state index is 0.116. The zero-order chi connectivity index (χ0) is 11.8. The Bertz CT molecular complexity index is 376. The average Bonchev–Trinajstić information content (AvgIpc) is 2.35. The van der Waals surface area contributed by atoms with E-state index < -0.39 is 0 Å². The number of nitriles is 1. The Balaban J connectivity index is 2.41. The first-order valence-corrected chi connectivity index (χ1v) is 5.27. The van der Waals surface area contributed by atoms with Crippen LogP contribution < -0.4 is 5.32 Å². The molecule has 0 aliphatic heterocycles. The second kappa shape index (κ2) is 6.78.